The Labute approximate surface area is 169 Å². The number of carbonyl (C=O) groups excluding carboxylic acids is 1. The standard InChI is InChI=1S/C21H24ClFN2O3/c1-13(21(26)24-18-9-6-14(23)11-17(18)22)25-10-4-5-19(25)16-8-7-15(27-2)12-20(16)28-3/h6-9,11-13,19H,4-5,10H2,1-3H3,(H,24,26)/p+1/t13-,19-/m1/s1. The Bertz CT molecular complexity index is 862. The Morgan fingerprint density at radius 3 is 2.71 bits per heavy atom. The van der Waals surface area contributed by atoms with Crippen molar-refractivity contribution in [2.45, 2.75) is 31.8 Å². The summed E-state index contributed by atoms with van der Waals surface area (Å²) in [6.07, 6.45) is 1.98. The SMILES string of the molecule is COc1ccc([C@H]2CCC[NH+]2[C@H](C)C(=O)Nc2ccc(F)cc2Cl)c(OC)c1. The van der Waals surface area contributed by atoms with Gasteiger partial charge in [0.1, 0.15) is 23.4 Å². The zero-order valence-corrected chi connectivity index (χ0v) is 17.0. The second-order valence-corrected chi connectivity index (χ2v) is 7.37. The van der Waals surface area contributed by atoms with Gasteiger partial charge in [-0.05, 0) is 37.3 Å². The van der Waals surface area contributed by atoms with Crippen LogP contribution < -0.4 is 19.7 Å². The molecule has 0 aliphatic carbocycles. The third-order valence-corrected chi connectivity index (χ3v) is 5.67. The third-order valence-electron chi connectivity index (χ3n) is 5.36. The quantitative estimate of drug-likeness (QED) is 0.773. The van der Waals surface area contributed by atoms with Gasteiger partial charge in [-0.3, -0.25) is 4.79 Å². The number of methoxy groups -OCH3 is 2. The second-order valence-electron chi connectivity index (χ2n) is 6.96. The van der Waals surface area contributed by atoms with Gasteiger partial charge in [0.25, 0.3) is 5.91 Å². The molecule has 2 aromatic rings. The number of amides is 1. The van der Waals surface area contributed by atoms with Gasteiger partial charge in [0, 0.05) is 18.9 Å². The Hall–Kier alpha value is -2.31. The Morgan fingerprint density at radius 1 is 1.25 bits per heavy atom. The van der Waals surface area contributed by atoms with Crippen molar-refractivity contribution in [3.63, 3.8) is 0 Å². The van der Waals surface area contributed by atoms with Crippen LogP contribution in [0.15, 0.2) is 36.4 Å². The number of quaternary nitrogens is 1. The summed E-state index contributed by atoms with van der Waals surface area (Å²) in [6, 6.07) is 9.58. The molecule has 3 rings (SSSR count). The van der Waals surface area contributed by atoms with Gasteiger partial charge >= 0.3 is 0 Å². The van der Waals surface area contributed by atoms with Crippen molar-refractivity contribution >= 4 is 23.2 Å². The predicted octanol–water partition coefficient (Wildman–Crippen LogP) is 3.24. The van der Waals surface area contributed by atoms with Crippen LogP contribution in [0.4, 0.5) is 10.1 Å². The van der Waals surface area contributed by atoms with E-state index in [0.717, 1.165) is 36.4 Å². The molecule has 1 fully saturated rings. The first-order valence-corrected chi connectivity index (χ1v) is 9.65. The lowest BCUT2D eigenvalue weighted by Gasteiger charge is -2.28. The van der Waals surface area contributed by atoms with Crippen molar-refractivity contribution in [2.24, 2.45) is 0 Å². The van der Waals surface area contributed by atoms with Crippen LogP contribution in [0.25, 0.3) is 0 Å². The van der Waals surface area contributed by atoms with Gasteiger partial charge in [0.15, 0.2) is 6.04 Å². The number of hydrogen-bond donors (Lipinski definition) is 2. The zero-order valence-electron chi connectivity index (χ0n) is 16.2. The first kappa shape index (κ1) is 20.4. The second kappa shape index (κ2) is 8.80. The van der Waals surface area contributed by atoms with E-state index in [1.54, 1.807) is 14.2 Å². The topological polar surface area (TPSA) is 52.0 Å². The van der Waals surface area contributed by atoms with Crippen LogP contribution in [0.2, 0.25) is 5.02 Å². The average molecular weight is 408 g/mol. The van der Waals surface area contributed by atoms with Crippen LogP contribution in [0.1, 0.15) is 31.4 Å². The summed E-state index contributed by atoms with van der Waals surface area (Å²) in [7, 11) is 3.26. The van der Waals surface area contributed by atoms with Crippen molar-refractivity contribution in [3.05, 3.63) is 52.8 Å². The zero-order chi connectivity index (χ0) is 20.3. The predicted molar refractivity (Wildman–Crippen MR) is 107 cm³/mol. The van der Waals surface area contributed by atoms with E-state index in [1.807, 2.05) is 25.1 Å². The lowest BCUT2D eigenvalue weighted by molar-refractivity contribution is -0.932. The number of hydrogen-bond acceptors (Lipinski definition) is 3. The molecule has 5 nitrogen and oxygen atoms in total. The molecule has 3 atom stereocenters. The number of ether oxygens (including phenoxy) is 2. The molecule has 0 saturated carbocycles. The highest BCUT2D eigenvalue weighted by atomic mass is 35.5. The van der Waals surface area contributed by atoms with Gasteiger partial charge in [-0.25, -0.2) is 4.39 Å². The van der Waals surface area contributed by atoms with Gasteiger partial charge in [-0.2, -0.15) is 0 Å². The summed E-state index contributed by atoms with van der Waals surface area (Å²) in [4.78, 5) is 14.0. The maximum Gasteiger partial charge on any atom is 0.282 e. The summed E-state index contributed by atoms with van der Waals surface area (Å²) in [5.41, 5.74) is 1.48. The average Bonchev–Trinajstić information content (AvgIpc) is 3.18. The van der Waals surface area contributed by atoms with Crippen LogP contribution in [0, 0.1) is 5.82 Å². The first-order chi connectivity index (χ1) is 13.4. The minimum absolute atomic E-state index is 0.144. The number of halogens is 2. The monoisotopic (exact) mass is 407 g/mol. The summed E-state index contributed by atoms with van der Waals surface area (Å²) >= 11 is 6.04. The van der Waals surface area contributed by atoms with E-state index in [2.05, 4.69) is 5.32 Å². The van der Waals surface area contributed by atoms with Gasteiger partial charge in [0.05, 0.1) is 37.0 Å². The van der Waals surface area contributed by atoms with Gasteiger partial charge in [-0.1, -0.05) is 11.6 Å². The molecule has 2 N–H and O–H groups in total. The van der Waals surface area contributed by atoms with Gasteiger partial charge in [-0.15, -0.1) is 0 Å². The molecule has 150 valence electrons. The number of nitrogens with one attached hydrogen (secondary N) is 2. The van der Waals surface area contributed by atoms with Crippen molar-refractivity contribution < 1.29 is 23.6 Å². The van der Waals surface area contributed by atoms with Crippen molar-refractivity contribution in [1.29, 1.82) is 0 Å². The molecule has 0 radical (unpaired) electrons. The molecule has 28 heavy (non-hydrogen) atoms. The van der Waals surface area contributed by atoms with Gasteiger partial charge < -0.3 is 19.7 Å². The van der Waals surface area contributed by atoms with Crippen molar-refractivity contribution in [3.8, 4) is 11.5 Å². The van der Waals surface area contributed by atoms with Crippen molar-refractivity contribution in [1.82, 2.24) is 0 Å². The summed E-state index contributed by atoms with van der Waals surface area (Å²) in [6.45, 7) is 2.78. The van der Waals surface area contributed by atoms with E-state index < -0.39 is 5.82 Å². The van der Waals surface area contributed by atoms with E-state index in [4.69, 9.17) is 21.1 Å². The highest BCUT2D eigenvalue weighted by Gasteiger charge is 2.38. The molecule has 1 heterocycles. The fraction of sp³-hybridized carbons (Fsp3) is 0.381. The normalized spacial score (nSPS) is 19.9. The molecular formula is C21H25ClFN2O3+. The molecule has 1 unspecified atom stereocenters. The fourth-order valence-corrected chi connectivity index (χ4v) is 4.06. The first-order valence-electron chi connectivity index (χ1n) is 9.28. The van der Waals surface area contributed by atoms with Crippen LogP contribution in [0.3, 0.4) is 0 Å². The van der Waals surface area contributed by atoms with E-state index in [0.29, 0.717) is 5.69 Å². The van der Waals surface area contributed by atoms with Crippen LogP contribution in [0.5, 0.6) is 11.5 Å². The molecule has 1 amide bonds. The molecule has 0 spiro atoms. The molecule has 0 bridgehead atoms. The highest BCUT2D eigenvalue weighted by Crippen LogP contribution is 2.32. The van der Waals surface area contributed by atoms with Gasteiger partial charge in [0.2, 0.25) is 0 Å². The lowest BCUT2D eigenvalue weighted by Crippen LogP contribution is -3.15. The molecule has 0 aromatic heterocycles. The van der Waals surface area contributed by atoms with Crippen LogP contribution in [-0.4, -0.2) is 32.7 Å². The van der Waals surface area contributed by atoms with Crippen LogP contribution in [-0.2, 0) is 4.79 Å². The maximum absolute atomic E-state index is 13.2. The largest absolute Gasteiger partial charge is 0.497 e. The van der Waals surface area contributed by atoms with E-state index in [1.165, 1.54) is 23.1 Å². The van der Waals surface area contributed by atoms with Crippen LogP contribution >= 0.6 is 11.6 Å². The minimum atomic E-state index is -0.437. The number of anilines is 1. The third kappa shape index (κ3) is 4.23. The molecule has 2 aromatic carbocycles. The molecule has 1 saturated heterocycles. The minimum Gasteiger partial charge on any atom is -0.497 e. The Morgan fingerprint density at radius 2 is 2.04 bits per heavy atom. The van der Waals surface area contributed by atoms with E-state index in [9.17, 15) is 9.18 Å². The number of benzene rings is 2. The Kier molecular flexibility index (Phi) is 6.42. The lowest BCUT2D eigenvalue weighted by atomic mass is 10.0. The fourth-order valence-electron chi connectivity index (χ4n) is 3.85. The molecular weight excluding hydrogens is 383 g/mol. The molecule has 1 aliphatic rings. The van der Waals surface area contributed by atoms with E-state index >= 15 is 0 Å². The molecule has 7 heteroatoms. The summed E-state index contributed by atoms with van der Waals surface area (Å²) in [5.74, 6) is 0.908. The number of rotatable bonds is 6. The smallest absolute Gasteiger partial charge is 0.282 e. The van der Waals surface area contributed by atoms with Crippen molar-refractivity contribution in [2.75, 3.05) is 26.1 Å². The molecule has 1 aliphatic heterocycles. The number of carbonyl (C=O) groups is 1. The summed E-state index contributed by atoms with van der Waals surface area (Å²) < 4.78 is 24.1. The number of likely N-dealkylation sites (tertiary alicyclic amines) is 1. The summed E-state index contributed by atoms with van der Waals surface area (Å²) in [5, 5.41) is 3.01. The maximum atomic E-state index is 13.2. The Balaban J connectivity index is 1.79. The van der Waals surface area contributed by atoms with E-state index in [-0.39, 0.29) is 23.0 Å². The highest BCUT2D eigenvalue weighted by molar-refractivity contribution is 6.33.